The highest BCUT2D eigenvalue weighted by Gasteiger charge is 2.27. The van der Waals surface area contributed by atoms with Gasteiger partial charge in [-0.05, 0) is 44.4 Å². The minimum atomic E-state index is 0.0465. The first-order chi connectivity index (χ1) is 16.0. The van der Waals surface area contributed by atoms with Crippen LogP contribution < -0.4 is 9.47 Å². The summed E-state index contributed by atoms with van der Waals surface area (Å²) in [4.78, 5) is 20.3. The Kier molecular flexibility index (Phi) is 7.65. The van der Waals surface area contributed by atoms with E-state index < -0.39 is 0 Å². The van der Waals surface area contributed by atoms with Crippen LogP contribution in [0.15, 0.2) is 53.9 Å². The molecule has 0 bridgehead atoms. The highest BCUT2D eigenvalue weighted by Crippen LogP contribution is 2.32. The minimum Gasteiger partial charge on any atom is -0.493 e. The number of hydrogen-bond acceptors (Lipinski definition) is 5. The minimum absolute atomic E-state index is 0.0465. The van der Waals surface area contributed by atoms with Crippen molar-refractivity contribution in [3.05, 3.63) is 65.2 Å². The normalized spacial score (nSPS) is 13.9. The van der Waals surface area contributed by atoms with Gasteiger partial charge in [-0.1, -0.05) is 49.2 Å². The lowest BCUT2D eigenvalue weighted by Gasteiger charge is -2.29. The maximum atomic E-state index is 13.5. The smallest absolute Gasteiger partial charge is 0.229 e. The Morgan fingerprint density at radius 2 is 1.88 bits per heavy atom. The second-order valence-electron chi connectivity index (χ2n) is 8.80. The number of aromatic nitrogens is 1. The van der Waals surface area contributed by atoms with E-state index in [2.05, 4.69) is 17.0 Å². The summed E-state index contributed by atoms with van der Waals surface area (Å²) in [5.74, 6) is 1.56. The highest BCUT2D eigenvalue weighted by molar-refractivity contribution is 7.13. The molecule has 1 aromatic heterocycles. The van der Waals surface area contributed by atoms with Crippen LogP contribution in [0.25, 0.3) is 10.6 Å². The summed E-state index contributed by atoms with van der Waals surface area (Å²) in [7, 11) is 1.65. The molecule has 3 aromatic rings. The monoisotopic (exact) mass is 464 g/mol. The van der Waals surface area contributed by atoms with Gasteiger partial charge in [-0.15, -0.1) is 11.3 Å². The van der Waals surface area contributed by atoms with Gasteiger partial charge in [0.05, 0.1) is 25.3 Å². The number of carbonyl (C=O) groups is 1. The predicted octanol–water partition coefficient (Wildman–Crippen LogP) is 6.12. The van der Waals surface area contributed by atoms with Gasteiger partial charge in [-0.2, -0.15) is 0 Å². The van der Waals surface area contributed by atoms with Crippen LogP contribution in [-0.4, -0.2) is 35.0 Å². The number of ether oxygens (including phenoxy) is 2. The Morgan fingerprint density at radius 1 is 1.12 bits per heavy atom. The number of amides is 1. The summed E-state index contributed by atoms with van der Waals surface area (Å²) in [6.07, 6.45) is 4.84. The third kappa shape index (κ3) is 5.93. The van der Waals surface area contributed by atoms with Crippen molar-refractivity contribution in [1.29, 1.82) is 0 Å². The van der Waals surface area contributed by atoms with Crippen molar-refractivity contribution in [2.45, 2.75) is 64.6 Å². The first-order valence-corrected chi connectivity index (χ1v) is 12.5. The van der Waals surface area contributed by atoms with Crippen LogP contribution in [-0.2, 0) is 17.8 Å². The van der Waals surface area contributed by atoms with Crippen molar-refractivity contribution in [3.63, 3.8) is 0 Å². The maximum absolute atomic E-state index is 13.5. The zero-order valence-corrected chi connectivity index (χ0v) is 20.4. The zero-order chi connectivity index (χ0) is 23.2. The molecule has 6 heteroatoms. The first-order valence-electron chi connectivity index (χ1n) is 11.7. The standard InChI is InChI=1S/C27H32N2O3S/c1-19(2)32-25-15-20(13-14-24(25)31-3)17-29(23-11-7-8-12-23)26(30)16-22-18-33-27(28-22)21-9-5-4-6-10-21/h4-6,9-10,13-15,18-19,23H,7-8,11-12,16-17H2,1-3H3. The van der Waals surface area contributed by atoms with Crippen LogP contribution in [0.3, 0.4) is 0 Å². The average molecular weight is 465 g/mol. The third-order valence-corrected chi connectivity index (χ3v) is 6.87. The van der Waals surface area contributed by atoms with E-state index >= 15 is 0 Å². The van der Waals surface area contributed by atoms with Crippen molar-refractivity contribution >= 4 is 17.2 Å². The quantitative estimate of drug-likeness (QED) is 0.383. The summed E-state index contributed by atoms with van der Waals surface area (Å²) in [5.41, 5.74) is 2.98. The molecule has 4 rings (SSSR count). The topological polar surface area (TPSA) is 51.7 Å². The molecule has 0 N–H and O–H groups in total. The maximum Gasteiger partial charge on any atom is 0.229 e. The van der Waals surface area contributed by atoms with Crippen LogP contribution in [0.2, 0.25) is 0 Å². The average Bonchev–Trinajstić information content (AvgIpc) is 3.50. The lowest BCUT2D eigenvalue weighted by atomic mass is 10.1. The predicted molar refractivity (Wildman–Crippen MR) is 133 cm³/mol. The molecule has 0 saturated heterocycles. The SMILES string of the molecule is COc1ccc(CN(C(=O)Cc2csc(-c3ccccc3)n2)C2CCCC2)cc1OC(C)C. The molecule has 174 valence electrons. The van der Waals surface area contributed by atoms with Crippen LogP contribution in [0.1, 0.15) is 50.8 Å². The fraction of sp³-hybridized carbons (Fsp3) is 0.407. The lowest BCUT2D eigenvalue weighted by Crippen LogP contribution is -2.39. The Balaban J connectivity index is 1.52. The third-order valence-electron chi connectivity index (χ3n) is 5.93. The van der Waals surface area contributed by atoms with Gasteiger partial charge in [0.2, 0.25) is 5.91 Å². The largest absolute Gasteiger partial charge is 0.493 e. The van der Waals surface area contributed by atoms with E-state index in [1.54, 1.807) is 18.4 Å². The van der Waals surface area contributed by atoms with Gasteiger partial charge >= 0.3 is 0 Å². The Labute approximate surface area is 200 Å². The molecule has 0 spiro atoms. The fourth-order valence-corrected chi connectivity index (χ4v) is 5.18. The molecule has 1 amide bonds. The van der Waals surface area contributed by atoms with Crippen molar-refractivity contribution < 1.29 is 14.3 Å². The van der Waals surface area contributed by atoms with Gasteiger partial charge in [0.15, 0.2) is 11.5 Å². The van der Waals surface area contributed by atoms with E-state index in [9.17, 15) is 4.79 Å². The summed E-state index contributed by atoms with van der Waals surface area (Å²) >= 11 is 1.59. The molecule has 2 aromatic carbocycles. The molecule has 1 heterocycles. The van der Waals surface area contributed by atoms with Crippen LogP contribution in [0.4, 0.5) is 0 Å². The molecule has 0 aliphatic heterocycles. The van der Waals surface area contributed by atoms with Gasteiger partial charge in [0, 0.05) is 23.5 Å². The van der Waals surface area contributed by atoms with Crippen LogP contribution >= 0.6 is 11.3 Å². The molecule has 0 unspecified atom stereocenters. The second-order valence-corrected chi connectivity index (χ2v) is 9.66. The number of methoxy groups -OCH3 is 1. The van der Waals surface area contributed by atoms with E-state index in [4.69, 9.17) is 14.5 Å². The van der Waals surface area contributed by atoms with E-state index in [1.165, 1.54) is 12.8 Å². The Hall–Kier alpha value is -2.86. The molecule has 1 aliphatic carbocycles. The Morgan fingerprint density at radius 3 is 2.58 bits per heavy atom. The number of hydrogen-bond donors (Lipinski definition) is 0. The number of nitrogens with zero attached hydrogens (tertiary/aromatic N) is 2. The van der Waals surface area contributed by atoms with Gasteiger partial charge in [0.1, 0.15) is 5.01 Å². The van der Waals surface area contributed by atoms with Gasteiger partial charge < -0.3 is 14.4 Å². The molecular formula is C27H32N2O3S. The van der Waals surface area contributed by atoms with Crippen molar-refractivity contribution in [1.82, 2.24) is 9.88 Å². The van der Waals surface area contributed by atoms with E-state index in [0.29, 0.717) is 18.7 Å². The molecule has 33 heavy (non-hydrogen) atoms. The van der Waals surface area contributed by atoms with E-state index in [0.717, 1.165) is 40.4 Å². The van der Waals surface area contributed by atoms with E-state index in [1.807, 2.05) is 55.6 Å². The molecule has 0 atom stereocenters. The summed E-state index contributed by atoms with van der Waals surface area (Å²) in [5, 5.41) is 2.96. The number of rotatable bonds is 9. The summed E-state index contributed by atoms with van der Waals surface area (Å²) in [6.45, 7) is 4.56. The van der Waals surface area contributed by atoms with Gasteiger partial charge in [-0.3, -0.25) is 4.79 Å². The zero-order valence-electron chi connectivity index (χ0n) is 19.6. The second kappa shape index (κ2) is 10.8. The summed E-state index contributed by atoms with van der Waals surface area (Å²) in [6, 6.07) is 16.4. The van der Waals surface area contributed by atoms with Crippen LogP contribution in [0.5, 0.6) is 11.5 Å². The molecule has 1 saturated carbocycles. The molecule has 0 radical (unpaired) electrons. The fourth-order valence-electron chi connectivity index (χ4n) is 4.36. The van der Waals surface area contributed by atoms with Crippen molar-refractivity contribution in [3.8, 4) is 22.1 Å². The van der Waals surface area contributed by atoms with E-state index in [-0.39, 0.29) is 18.1 Å². The molecule has 1 aliphatic rings. The number of thiazole rings is 1. The molecule has 1 fully saturated rings. The Bertz CT molecular complexity index is 1060. The first kappa shape index (κ1) is 23.3. The number of benzene rings is 2. The van der Waals surface area contributed by atoms with Gasteiger partial charge in [-0.25, -0.2) is 4.98 Å². The summed E-state index contributed by atoms with van der Waals surface area (Å²) < 4.78 is 11.4. The van der Waals surface area contributed by atoms with Crippen molar-refractivity contribution in [2.75, 3.05) is 7.11 Å². The van der Waals surface area contributed by atoms with Crippen molar-refractivity contribution in [2.24, 2.45) is 0 Å². The molecular weight excluding hydrogens is 432 g/mol. The number of carbonyl (C=O) groups excluding carboxylic acids is 1. The molecule has 5 nitrogen and oxygen atoms in total. The highest BCUT2D eigenvalue weighted by atomic mass is 32.1. The van der Waals surface area contributed by atoms with Gasteiger partial charge in [0.25, 0.3) is 0 Å². The van der Waals surface area contributed by atoms with Crippen LogP contribution in [0, 0.1) is 0 Å². The lowest BCUT2D eigenvalue weighted by molar-refractivity contribution is -0.133.